The summed E-state index contributed by atoms with van der Waals surface area (Å²) < 4.78 is 0. The predicted octanol–water partition coefficient (Wildman–Crippen LogP) is 1.81. The molecular formula is C16H20N4O2. The fourth-order valence-corrected chi connectivity index (χ4v) is 3.32. The Labute approximate surface area is 128 Å². The van der Waals surface area contributed by atoms with Gasteiger partial charge in [-0.15, -0.1) is 5.10 Å². The number of carbonyl (C=O) groups excluding carboxylic acids is 1. The number of hydrogen-bond acceptors (Lipinski definition) is 3. The van der Waals surface area contributed by atoms with Crippen molar-refractivity contribution in [1.82, 2.24) is 20.1 Å². The molecule has 0 aliphatic carbocycles. The summed E-state index contributed by atoms with van der Waals surface area (Å²) in [6.45, 7) is 4.84. The Kier molecular flexibility index (Phi) is 3.83. The summed E-state index contributed by atoms with van der Waals surface area (Å²) in [6.07, 6.45) is 1.81. The summed E-state index contributed by atoms with van der Waals surface area (Å²) in [5, 5.41) is 6.00. The van der Waals surface area contributed by atoms with Crippen LogP contribution in [0.1, 0.15) is 47.4 Å². The molecule has 2 heterocycles. The predicted molar refractivity (Wildman–Crippen MR) is 82.9 cm³/mol. The van der Waals surface area contributed by atoms with Crippen LogP contribution < -0.4 is 5.69 Å². The van der Waals surface area contributed by atoms with Gasteiger partial charge in [-0.05, 0) is 25.3 Å². The van der Waals surface area contributed by atoms with Crippen LogP contribution in [0.3, 0.4) is 0 Å². The molecule has 0 bridgehead atoms. The second kappa shape index (κ2) is 5.79. The van der Waals surface area contributed by atoms with Gasteiger partial charge in [-0.1, -0.05) is 36.8 Å². The van der Waals surface area contributed by atoms with Gasteiger partial charge in [-0.2, -0.15) is 0 Å². The molecule has 6 heteroatoms. The first-order valence-corrected chi connectivity index (χ1v) is 7.62. The van der Waals surface area contributed by atoms with E-state index in [4.69, 9.17) is 0 Å². The molecule has 1 amide bonds. The van der Waals surface area contributed by atoms with E-state index in [2.05, 4.69) is 53.3 Å². The highest BCUT2D eigenvalue weighted by Crippen LogP contribution is 2.35. The van der Waals surface area contributed by atoms with Crippen LogP contribution in [-0.4, -0.2) is 38.6 Å². The van der Waals surface area contributed by atoms with E-state index < -0.39 is 5.69 Å². The molecule has 1 aliphatic rings. The first-order chi connectivity index (χ1) is 10.6. The molecule has 1 fully saturated rings. The van der Waals surface area contributed by atoms with Gasteiger partial charge >= 0.3 is 5.69 Å². The van der Waals surface area contributed by atoms with E-state index in [0.29, 0.717) is 12.5 Å². The second-order valence-electron chi connectivity index (χ2n) is 5.81. The number of aromatic nitrogens is 3. The van der Waals surface area contributed by atoms with Crippen molar-refractivity contribution in [3.05, 3.63) is 51.7 Å². The molecule has 2 N–H and O–H groups in total. The molecule has 1 aromatic heterocycles. The lowest BCUT2D eigenvalue weighted by atomic mass is 9.90. The Bertz CT molecular complexity index is 716. The molecule has 0 unspecified atom stereocenters. The molecule has 22 heavy (non-hydrogen) atoms. The standard InChI is InChI=1S/C16H20N4O2/c1-3-13-12(11-6-4-10(2)5-7-11)8-9-20(13)15(21)14-17-16(22)19-18-14/h4-7,12-13H,3,8-9H2,1-2H3,(H2,17,18,19,22)/t12-,13-/m0/s1. The highest BCUT2D eigenvalue weighted by molar-refractivity contribution is 5.90. The molecule has 1 aliphatic heterocycles. The molecule has 2 aromatic rings. The van der Waals surface area contributed by atoms with Crippen LogP contribution in [0.4, 0.5) is 0 Å². The van der Waals surface area contributed by atoms with Crippen LogP contribution in [0, 0.1) is 6.92 Å². The maximum absolute atomic E-state index is 12.5. The van der Waals surface area contributed by atoms with Crippen LogP contribution in [0.15, 0.2) is 29.1 Å². The maximum Gasteiger partial charge on any atom is 0.341 e. The highest BCUT2D eigenvalue weighted by atomic mass is 16.2. The Hall–Kier alpha value is -2.37. The third-order valence-electron chi connectivity index (χ3n) is 4.43. The zero-order chi connectivity index (χ0) is 15.7. The number of aryl methyl sites for hydroxylation is 1. The molecule has 0 radical (unpaired) electrons. The van der Waals surface area contributed by atoms with E-state index in [-0.39, 0.29) is 17.8 Å². The van der Waals surface area contributed by atoms with Gasteiger partial charge in [0.05, 0.1) is 0 Å². The van der Waals surface area contributed by atoms with E-state index in [0.717, 1.165) is 12.8 Å². The van der Waals surface area contributed by atoms with Crippen LogP contribution in [0.25, 0.3) is 0 Å². The molecule has 116 valence electrons. The van der Waals surface area contributed by atoms with Crippen molar-refractivity contribution in [2.45, 2.75) is 38.6 Å². The third kappa shape index (κ3) is 2.56. The fraction of sp³-hybridized carbons (Fsp3) is 0.438. The number of nitrogens with zero attached hydrogens (tertiary/aromatic N) is 2. The van der Waals surface area contributed by atoms with Crippen molar-refractivity contribution in [1.29, 1.82) is 0 Å². The fourth-order valence-electron chi connectivity index (χ4n) is 3.32. The average Bonchev–Trinajstić information content (AvgIpc) is 3.13. The van der Waals surface area contributed by atoms with Gasteiger partial charge in [0.2, 0.25) is 5.82 Å². The summed E-state index contributed by atoms with van der Waals surface area (Å²) in [7, 11) is 0. The normalized spacial score (nSPS) is 21.3. The van der Waals surface area contributed by atoms with Crippen molar-refractivity contribution in [3.8, 4) is 0 Å². The molecule has 3 rings (SSSR count). The van der Waals surface area contributed by atoms with Crippen molar-refractivity contribution >= 4 is 5.91 Å². The van der Waals surface area contributed by atoms with Gasteiger partial charge in [-0.3, -0.25) is 9.78 Å². The summed E-state index contributed by atoms with van der Waals surface area (Å²) in [5.41, 5.74) is 2.05. The number of rotatable bonds is 3. The molecule has 1 aromatic carbocycles. The number of benzene rings is 1. The smallest absolute Gasteiger partial charge is 0.332 e. The second-order valence-corrected chi connectivity index (χ2v) is 5.81. The van der Waals surface area contributed by atoms with Gasteiger partial charge < -0.3 is 4.90 Å². The first-order valence-electron chi connectivity index (χ1n) is 7.62. The Morgan fingerprint density at radius 1 is 1.36 bits per heavy atom. The number of hydrogen-bond donors (Lipinski definition) is 2. The lowest BCUT2D eigenvalue weighted by molar-refractivity contribution is 0.0715. The maximum atomic E-state index is 12.5. The molecular weight excluding hydrogens is 280 g/mol. The number of nitrogens with one attached hydrogen (secondary N) is 2. The average molecular weight is 300 g/mol. The van der Waals surface area contributed by atoms with Gasteiger partial charge in [0.15, 0.2) is 0 Å². The zero-order valence-electron chi connectivity index (χ0n) is 12.8. The molecule has 2 atom stereocenters. The first kappa shape index (κ1) is 14.6. The van der Waals surface area contributed by atoms with E-state index in [9.17, 15) is 9.59 Å². The SMILES string of the molecule is CC[C@H]1[C@H](c2ccc(C)cc2)CCN1C(=O)c1n[nH]c(=O)[nH]1. The molecule has 0 saturated carbocycles. The van der Waals surface area contributed by atoms with Crippen LogP contribution >= 0.6 is 0 Å². The van der Waals surface area contributed by atoms with E-state index >= 15 is 0 Å². The number of H-pyrrole nitrogens is 2. The van der Waals surface area contributed by atoms with Crippen molar-refractivity contribution in [2.24, 2.45) is 0 Å². The largest absolute Gasteiger partial charge is 0.341 e. The number of likely N-dealkylation sites (tertiary alicyclic amines) is 1. The molecule has 1 saturated heterocycles. The summed E-state index contributed by atoms with van der Waals surface area (Å²) in [6, 6.07) is 8.64. The number of aromatic amines is 2. The quantitative estimate of drug-likeness (QED) is 0.907. The van der Waals surface area contributed by atoms with E-state index in [1.165, 1.54) is 11.1 Å². The lowest BCUT2D eigenvalue weighted by Crippen LogP contribution is -2.37. The molecule has 0 spiro atoms. The topological polar surface area (TPSA) is 81.8 Å². The summed E-state index contributed by atoms with van der Waals surface area (Å²) in [4.78, 5) is 27.9. The Morgan fingerprint density at radius 3 is 2.68 bits per heavy atom. The monoisotopic (exact) mass is 300 g/mol. The van der Waals surface area contributed by atoms with Crippen LogP contribution in [-0.2, 0) is 0 Å². The summed E-state index contributed by atoms with van der Waals surface area (Å²) >= 11 is 0. The van der Waals surface area contributed by atoms with E-state index in [1.54, 1.807) is 0 Å². The Balaban J connectivity index is 1.84. The molecule has 6 nitrogen and oxygen atoms in total. The zero-order valence-corrected chi connectivity index (χ0v) is 12.8. The van der Waals surface area contributed by atoms with Crippen molar-refractivity contribution < 1.29 is 4.79 Å². The minimum absolute atomic E-state index is 0.0907. The number of amides is 1. The minimum Gasteiger partial charge on any atom is -0.332 e. The lowest BCUT2D eigenvalue weighted by Gasteiger charge is -2.26. The van der Waals surface area contributed by atoms with Gasteiger partial charge in [0.1, 0.15) is 0 Å². The third-order valence-corrected chi connectivity index (χ3v) is 4.43. The Morgan fingerprint density at radius 2 is 2.09 bits per heavy atom. The number of carbonyl (C=O) groups is 1. The van der Waals surface area contributed by atoms with E-state index in [1.807, 2.05) is 4.90 Å². The van der Waals surface area contributed by atoms with Gasteiger partial charge in [0, 0.05) is 18.5 Å². The van der Waals surface area contributed by atoms with Gasteiger partial charge in [0.25, 0.3) is 5.91 Å². The van der Waals surface area contributed by atoms with Crippen LogP contribution in [0.2, 0.25) is 0 Å². The van der Waals surface area contributed by atoms with Crippen molar-refractivity contribution in [2.75, 3.05) is 6.54 Å². The van der Waals surface area contributed by atoms with Crippen LogP contribution in [0.5, 0.6) is 0 Å². The minimum atomic E-state index is -0.453. The van der Waals surface area contributed by atoms with Gasteiger partial charge in [-0.25, -0.2) is 9.89 Å². The van der Waals surface area contributed by atoms with Crippen molar-refractivity contribution in [3.63, 3.8) is 0 Å². The highest BCUT2D eigenvalue weighted by Gasteiger charge is 2.37. The summed E-state index contributed by atoms with van der Waals surface area (Å²) in [5.74, 6) is 0.216.